The Morgan fingerprint density at radius 2 is 2.33 bits per heavy atom. The number of carbonyl (C=O) groups is 1. The Kier molecular flexibility index (Phi) is 3.10. The molecule has 5 nitrogen and oxygen atoms in total. The van der Waals surface area contributed by atoms with Crippen LogP contribution < -0.4 is 11.1 Å². The first-order chi connectivity index (χ1) is 8.65. The summed E-state index contributed by atoms with van der Waals surface area (Å²) >= 11 is 6.31. The van der Waals surface area contributed by atoms with Gasteiger partial charge in [-0.15, -0.1) is 0 Å². The minimum atomic E-state index is -0.586. The Labute approximate surface area is 119 Å². The molecular formula is C10H7BrN4OS2. The van der Waals surface area contributed by atoms with Gasteiger partial charge in [-0.3, -0.25) is 4.79 Å². The summed E-state index contributed by atoms with van der Waals surface area (Å²) in [6.45, 7) is 0. The fraction of sp³-hybridized carbons (Fsp3) is 0.100. The van der Waals surface area contributed by atoms with Crippen molar-refractivity contribution < 1.29 is 4.79 Å². The summed E-state index contributed by atoms with van der Waals surface area (Å²) in [5, 5.41) is 2.76. The van der Waals surface area contributed by atoms with E-state index in [1.807, 2.05) is 12.1 Å². The summed E-state index contributed by atoms with van der Waals surface area (Å²) in [6.07, 6.45) is 1.52. The Hall–Kier alpha value is -0.960. The maximum Gasteiger partial charge on any atom is 0.245 e. The van der Waals surface area contributed by atoms with Gasteiger partial charge in [0.1, 0.15) is 12.4 Å². The quantitative estimate of drug-likeness (QED) is 0.875. The van der Waals surface area contributed by atoms with Gasteiger partial charge in [0.25, 0.3) is 0 Å². The molecule has 3 rings (SSSR count). The molecule has 18 heavy (non-hydrogen) atoms. The molecule has 1 amide bonds. The van der Waals surface area contributed by atoms with Gasteiger partial charge in [-0.2, -0.15) is 4.37 Å². The first-order valence-electron chi connectivity index (χ1n) is 4.99. The number of nitrogens with one attached hydrogen (secondary N) is 1. The fourth-order valence-corrected chi connectivity index (χ4v) is 3.72. The van der Waals surface area contributed by atoms with Crippen molar-refractivity contribution in [3.8, 4) is 0 Å². The maximum atomic E-state index is 11.5. The van der Waals surface area contributed by atoms with Crippen LogP contribution in [0.2, 0.25) is 0 Å². The minimum absolute atomic E-state index is 0.171. The third-order valence-electron chi connectivity index (χ3n) is 2.52. The van der Waals surface area contributed by atoms with Crippen molar-refractivity contribution in [2.75, 3.05) is 5.32 Å². The summed E-state index contributed by atoms with van der Waals surface area (Å²) in [7, 11) is 0. The molecule has 0 fully saturated rings. The van der Waals surface area contributed by atoms with E-state index in [1.165, 1.54) is 29.6 Å². The summed E-state index contributed by atoms with van der Waals surface area (Å²) in [5.41, 5.74) is 7.36. The molecule has 8 heteroatoms. The van der Waals surface area contributed by atoms with Crippen LogP contribution in [0.1, 0.15) is 11.6 Å². The van der Waals surface area contributed by atoms with Crippen LogP contribution in [0.4, 0.5) is 5.69 Å². The van der Waals surface area contributed by atoms with E-state index in [-0.39, 0.29) is 5.91 Å². The zero-order valence-electron chi connectivity index (χ0n) is 8.88. The molecule has 1 aromatic heterocycles. The predicted octanol–water partition coefficient (Wildman–Crippen LogP) is 2.40. The lowest BCUT2D eigenvalue weighted by atomic mass is 10.1. The molecule has 0 spiro atoms. The van der Waals surface area contributed by atoms with Crippen molar-refractivity contribution in [1.29, 1.82) is 0 Å². The lowest BCUT2D eigenvalue weighted by Gasteiger charge is -2.06. The highest BCUT2D eigenvalue weighted by Gasteiger charge is 2.28. The molecule has 1 aromatic carbocycles. The Balaban J connectivity index is 1.98. The van der Waals surface area contributed by atoms with Crippen LogP contribution in [0.5, 0.6) is 0 Å². The number of hydrogen-bond donors (Lipinski definition) is 2. The molecule has 0 saturated heterocycles. The average Bonchev–Trinajstić information content (AvgIpc) is 2.92. The van der Waals surface area contributed by atoms with Crippen molar-refractivity contribution in [2.45, 2.75) is 15.3 Å². The largest absolute Gasteiger partial charge is 0.324 e. The number of rotatable bonds is 2. The molecule has 2 heterocycles. The third kappa shape index (κ3) is 2.05. The van der Waals surface area contributed by atoms with Gasteiger partial charge >= 0.3 is 0 Å². The smallest absolute Gasteiger partial charge is 0.245 e. The second-order valence-electron chi connectivity index (χ2n) is 3.65. The van der Waals surface area contributed by atoms with Crippen LogP contribution in [0.25, 0.3) is 0 Å². The first kappa shape index (κ1) is 12.1. The maximum absolute atomic E-state index is 11.5. The van der Waals surface area contributed by atoms with Crippen LogP contribution in [0.3, 0.4) is 0 Å². The number of fused-ring (bicyclic) bond motifs is 1. The molecule has 1 aliphatic rings. The van der Waals surface area contributed by atoms with Gasteiger partial charge in [0.2, 0.25) is 5.91 Å². The summed E-state index contributed by atoms with van der Waals surface area (Å²) in [5.74, 6) is -0.171. The topological polar surface area (TPSA) is 80.9 Å². The second kappa shape index (κ2) is 4.61. The number of benzene rings is 1. The Bertz CT molecular complexity index is 617. The number of anilines is 1. The molecule has 0 radical (unpaired) electrons. The Morgan fingerprint density at radius 3 is 3.06 bits per heavy atom. The van der Waals surface area contributed by atoms with E-state index < -0.39 is 6.04 Å². The Morgan fingerprint density at radius 1 is 1.50 bits per heavy atom. The average molecular weight is 343 g/mol. The van der Waals surface area contributed by atoms with Crippen molar-refractivity contribution in [3.63, 3.8) is 0 Å². The highest BCUT2D eigenvalue weighted by Crippen LogP contribution is 2.40. The number of hydrogen-bond acceptors (Lipinski definition) is 6. The van der Waals surface area contributed by atoms with Crippen molar-refractivity contribution >= 4 is 50.8 Å². The van der Waals surface area contributed by atoms with Crippen LogP contribution in [-0.4, -0.2) is 15.3 Å². The normalized spacial score (nSPS) is 17.7. The fourth-order valence-electron chi connectivity index (χ4n) is 1.67. The molecular weight excluding hydrogens is 336 g/mol. The van der Waals surface area contributed by atoms with Gasteiger partial charge in [0.05, 0.1) is 0 Å². The molecule has 3 N–H and O–H groups in total. The number of amides is 1. The molecule has 1 aliphatic heterocycles. The van der Waals surface area contributed by atoms with Crippen LogP contribution in [0.15, 0.2) is 32.2 Å². The van der Waals surface area contributed by atoms with Crippen molar-refractivity contribution in [1.82, 2.24) is 9.36 Å². The molecule has 92 valence electrons. The number of halogens is 1. The van der Waals surface area contributed by atoms with Gasteiger partial charge < -0.3 is 11.1 Å². The van der Waals surface area contributed by atoms with Crippen LogP contribution >= 0.6 is 39.2 Å². The lowest BCUT2D eigenvalue weighted by molar-refractivity contribution is -0.116. The van der Waals surface area contributed by atoms with E-state index in [4.69, 9.17) is 5.73 Å². The lowest BCUT2D eigenvalue weighted by Crippen LogP contribution is -2.19. The number of nitrogens with zero attached hydrogens (tertiary/aromatic N) is 2. The van der Waals surface area contributed by atoms with Crippen molar-refractivity contribution in [3.05, 3.63) is 28.5 Å². The molecule has 2 aromatic rings. The highest BCUT2D eigenvalue weighted by atomic mass is 79.9. The molecule has 0 bridgehead atoms. The van der Waals surface area contributed by atoms with E-state index in [0.29, 0.717) is 0 Å². The summed E-state index contributed by atoms with van der Waals surface area (Å²) in [6, 6.07) is 3.19. The van der Waals surface area contributed by atoms with Gasteiger partial charge in [0.15, 0.2) is 4.34 Å². The van der Waals surface area contributed by atoms with E-state index in [0.717, 1.165) is 25.0 Å². The van der Waals surface area contributed by atoms with E-state index in [9.17, 15) is 4.79 Å². The predicted molar refractivity (Wildman–Crippen MR) is 73.7 cm³/mol. The van der Waals surface area contributed by atoms with Gasteiger partial charge in [0, 0.05) is 20.6 Å². The number of carbonyl (C=O) groups excluding carboxylic acids is 1. The van der Waals surface area contributed by atoms with Gasteiger partial charge in [-0.1, -0.05) is 11.8 Å². The monoisotopic (exact) mass is 342 g/mol. The molecule has 1 unspecified atom stereocenters. The zero-order valence-corrected chi connectivity index (χ0v) is 12.1. The van der Waals surface area contributed by atoms with Crippen LogP contribution in [-0.2, 0) is 4.79 Å². The van der Waals surface area contributed by atoms with Crippen molar-refractivity contribution in [2.24, 2.45) is 5.73 Å². The van der Waals surface area contributed by atoms with E-state index in [2.05, 4.69) is 30.6 Å². The second-order valence-corrected chi connectivity index (χ2v) is 6.57. The van der Waals surface area contributed by atoms with Gasteiger partial charge in [-0.05, 0) is 39.6 Å². The molecule has 0 saturated carbocycles. The molecule has 0 aliphatic carbocycles. The summed E-state index contributed by atoms with van der Waals surface area (Å²) in [4.78, 5) is 16.6. The number of nitrogens with two attached hydrogens (primary N) is 1. The van der Waals surface area contributed by atoms with E-state index in [1.54, 1.807) is 0 Å². The standard InChI is InChI=1S/C10H7BrN4OS2/c11-5-1-4-6(15-9(16)8(4)12)2-7(5)17-10-13-3-14-18-10/h1-3,8H,12H2,(H,15,16). The minimum Gasteiger partial charge on any atom is -0.324 e. The highest BCUT2D eigenvalue weighted by molar-refractivity contribution is 9.10. The SMILES string of the molecule is NC1C(=O)Nc2cc(Sc3ncns3)c(Br)cc21. The summed E-state index contributed by atoms with van der Waals surface area (Å²) < 4.78 is 5.70. The van der Waals surface area contributed by atoms with Gasteiger partial charge in [-0.25, -0.2) is 4.98 Å². The van der Waals surface area contributed by atoms with E-state index >= 15 is 0 Å². The number of aromatic nitrogens is 2. The third-order valence-corrected chi connectivity index (χ3v) is 5.21. The molecule has 1 atom stereocenters. The van der Waals surface area contributed by atoms with Crippen LogP contribution in [0, 0.1) is 0 Å². The first-order valence-corrected chi connectivity index (χ1v) is 7.38. The zero-order chi connectivity index (χ0) is 12.7.